The highest BCUT2D eigenvalue weighted by Gasteiger charge is 2.33. The van der Waals surface area contributed by atoms with Crippen molar-refractivity contribution in [3.8, 4) is 0 Å². The normalized spacial score (nSPS) is 15.0. The first kappa shape index (κ1) is 14.9. The first-order valence-electron chi connectivity index (χ1n) is 7.87. The summed E-state index contributed by atoms with van der Waals surface area (Å²) in [7, 11) is 2.09. The van der Waals surface area contributed by atoms with Crippen LogP contribution in [0.4, 0.5) is 10.9 Å². The van der Waals surface area contributed by atoms with Crippen LogP contribution in [0.25, 0.3) is 15.9 Å². The average molecular weight is 372 g/mol. The fourth-order valence-electron chi connectivity index (χ4n) is 3.03. The largest absolute Gasteiger partial charge is 0.349 e. The van der Waals surface area contributed by atoms with E-state index in [0.29, 0.717) is 6.04 Å². The van der Waals surface area contributed by atoms with Crippen molar-refractivity contribution < 1.29 is 0 Å². The lowest BCUT2D eigenvalue weighted by molar-refractivity contribution is 0.492. The molecular formula is C16H14ClN7S. The van der Waals surface area contributed by atoms with E-state index in [9.17, 15) is 0 Å². The third-order valence-electron chi connectivity index (χ3n) is 4.55. The van der Waals surface area contributed by atoms with Crippen molar-refractivity contribution in [2.75, 3.05) is 29.9 Å². The van der Waals surface area contributed by atoms with E-state index in [-0.39, 0.29) is 0 Å². The summed E-state index contributed by atoms with van der Waals surface area (Å²) in [5.41, 5.74) is 1.78. The average Bonchev–Trinajstić information content (AvgIpc) is 3.19. The van der Waals surface area contributed by atoms with Gasteiger partial charge in [0.1, 0.15) is 6.33 Å². The molecule has 9 heteroatoms. The monoisotopic (exact) mass is 371 g/mol. The Morgan fingerprint density at radius 2 is 2.20 bits per heavy atom. The third kappa shape index (κ3) is 2.40. The molecule has 1 aliphatic rings. The van der Waals surface area contributed by atoms with Crippen molar-refractivity contribution in [3.63, 3.8) is 0 Å². The van der Waals surface area contributed by atoms with Crippen LogP contribution in [0, 0.1) is 0 Å². The SMILES string of the molecule is CN(c1nc2ccc(Cl)cc2s1)C1CN(c2nccn3cnnc23)C1. The second-order valence-corrected chi connectivity index (χ2v) is 7.54. The van der Waals surface area contributed by atoms with Crippen LogP contribution >= 0.6 is 22.9 Å². The minimum atomic E-state index is 0.390. The van der Waals surface area contributed by atoms with Gasteiger partial charge in [0.25, 0.3) is 0 Å². The van der Waals surface area contributed by atoms with Gasteiger partial charge in [0.15, 0.2) is 10.9 Å². The van der Waals surface area contributed by atoms with Crippen LogP contribution < -0.4 is 9.80 Å². The molecule has 4 heterocycles. The van der Waals surface area contributed by atoms with E-state index in [1.807, 2.05) is 28.8 Å². The minimum absolute atomic E-state index is 0.390. The lowest BCUT2D eigenvalue weighted by atomic mass is 10.1. The molecule has 7 nitrogen and oxygen atoms in total. The number of hydrogen-bond acceptors (Lipinski definition) is 7. The van der Waals surface area contributed by atoms with Crippen LogP contribution in [-0.2, 0) is 0 Å². The molecular weight excluding hydrogens is 358 g/mol. The highest BCUT2D eigenvalue weighted by molar-refractivity contribution is 7.22. The number of halogens is 1. The maximum absolute atomic E-state index is 6.07. The zero-order chi connectivity index (χ0) is 17.0. The van der Waals surface area contributed by atoms with Gasteiger partial charge in [-0.1, -0.05) is 22.9 Å². The van der Waals surface area contributed by atoms with E-state index in [1.165, 1.54) is 0 Å². The number of fused-ring (bicyclic) bond motifs is 2. The van der Waals surface area contributed by atoms with E-state index in [1.54, 1.807) is 23.9 Å². The van der Waals surface area contributed by atoms with Crippen LogP contribution in [-0.4, -0.2) is 50.7 Å². The van der Waals surface area contributed by atoms with Crippen LogP contribution in [0.3, 0.4) is 0 Å². The lowest BCUT2D eigenvalue weighted by Gasteiger charge is -2.44. The Balaban J connectivity index is 1.36. The van der Waals surface area contributed by atoms with Gasteiger partial charge in [0, 0.05) is 37.6 Å². The predicted molar refractivity (Wildman–Crippen MR) is 99.8 cm³/mol. The molecule has 0 spiro atoms. The van der Waals surface area contributed by atoms with Gasteiger partial charge >= 0.3 is 0 Å². The van der Waals surface area contributed by atoms with E-state index in [0.717, 1.165) is 44.9 Å². The Morgan fingerprint density at radius 3 is 3.08 bits per heavy atom. The van der Waals surface area contributed by atoms with E-state index in [2.05, 4.69) is 32.0 Å². The number of benzene rings is 1. The van der Waals surface area contributed by atoms with Crippen molar-refractivity contribution in [1.29, 1.82) is 0 Å². The fraction of sp³-hybridized carbons (Fsp3) is 0.250. The molecule has 0 atom stereocenters. The van der Waals surface area contributed by atoms with Gasteiger partial charge in [-0.3, -0.25) is 4.40 Å². The van der Waals surface area contributed by atoms with Gasteiger partial charge in [-0.15, -0.1) is 10.2 Å². The quantitative estimate of drug-likeness (QED) is 0.551. The van der Waals surface area contributed by atoms with Gasteiger partial charge < -0.3 is 9.80 Å². The summed E-state index contributed by atoms with van der Waals surface area (Å²) in [6, 6.07) is 6.20. The summed E-state index contributed by atoms with van der Waals surface area (Å²) in [5, 5.41) is 9.86. The molecule has 1 saturated heterocycles. The van der Waals surface area contributed by atoms with Crippen LogP contribution in [0.2, 0.25) is 5.02 Å². The molecule has 0 bridgehead atoms. The first-order chi connectivity index (χ1) is 12.2. The number of anilines is 2. The molecule has 0 unspecified atom stereocenters. The molecule has 0 N–H and O–H groups in total. The molecule has 0 radical (unpaired) electrons. The van der Waals surface area contributed by atoms with E-state index >= 15 is 0 Å². The van der Waals surface area contributed by atoms with Crippen LogP contribution in [0.1, 0.15) is 0 Å². The van der Waals surface area contributed by atoms with Gasteiger partial charge in [-0.05, 0) is 18.2 Å². The Morgan fingerprint density at radius 1 is 1.32 bits per heavy atom. The van der Waals surface area contributed by atoms with Crippen molar-refractivity contribution in [3.05, 3.63) is 41.9 Å². The summed E-state index contributed by atoms with van der Waals surface area (Å²) in [5.74, 6) is 0.876. The molecule has 3 aromatic heterocycles. The summed E-state index contributed by atoms with van der Waals surface area (Å²) >= 11 is 7.74. The zero-order valence-electron chi connectivity index (χ0n) is 13.4. The van der Waals surface area contributed by atoms with Crippen molar-refractivity contribution >= 4 is 49.8 Å². The summed E-state index contributed by atoms with van der Waals surface area (Å²) < 4.78 is 3.00. The number of nitrogens with zero attached hydrogens (tertiary/aromatic N) is 7. The number of hydrogen-bond donors (Lipinski definition) is 0. The molecule has 1 aliphatic heterocycles. The molecule has 4 aromatic rings. The van der Waals surface area contributed by atoms with Crippen LogP contribution in [0.15, 0.2) is 36.9 Å². The molecule has 0 aliphatic carbocycles. The molecule has 126 valence electrons. The number of likely N-dealkylation sites (N-methyl/N-ethyl adjacent to an activating group) is 1. The summed E-state index contributed by atoms with van der Waals surface area (Å²) in [6.45, 7) is 1.76. The highest BCUT2D eigenvalue weighted by Crippen LogP contribution is 2.33. The zero-order valence-corrected chi connectivity index (χ0v) is 14.9. The lowest BCUT2D eigenvalue weighted by Crippen LogP contribution is -2.59. The second-order valence-electron chi connectivity index (χ2n) is 6.09. The van der Waals surface area contributed by atoms with Gasteiger partial charge in [0.05, 0.1) is 16.3 Å². The first-order valence-corrected chi connectivity index (χ1v) is 9.07. The summed E-state index contributed by atoms with van der Waals surface area (Å²) in [4.78, 5) is 13.6. The van der Waals surface area contributed by atoms with Gasteiger partial charge in [-0.25, -0.2) is 9.97 Å². The molecule has 0 saturated carbocycles. The fourth-order valence-corrected chi connectivity index (χ4v) is 4.31. The molecule has 25 heavy (non-hydrogen) atoms. The Labute approximate surface area is 152 Å². The van der Waals surface area contributed by atoms with Crippen LogP contribution in [0.5, 0.6) is 0 Å². The minimum Gasteiger partial charge on any atom is -0.349 e. The van der Waals surface area contributed by atoms with Crippen molar-refractivity contribution in [2.24, 2.45) is 0 Å². The Hall–Kier alpha value is -2.45. The maximum atomic E-state index is 6.07. The number of thiazole rings is 1. The smallest absolute Gasteiger partial charge is 0.203 e. The number of aromatic nitrogens is 5. The molecule has 1 fully saturated rings. The predicted octanol–water partition coefficient (Wildman–Crippen LogP) is 2.71. The topological polar surface area (TPSA) is 62.5 Å². The molecule has 0 amide bonds. The van der Waals surface area contributed by atoms with Crippen molar-refractivity contribution in [2.45, 2.75) is 6.04 Å². The van der Waals surface area contributed by atoms with Crippen molar-refractivity contribution in [1.82, 2.24) is 24.6 Å². The molecule has 1 aromatic carbocycles. The van der Waals surface area contributed by atoms with E-state index in [4.69, 9.17) is 16.6 Å². The summed E-state index contributed by atoms with van der Waals surface area (Å²) in [6.07, 6.45) is 5.32. The van der Waals surface area contributed by atoms with Gasteiger partial charge in [0.2, 0.25) is 5.65 Å². The highest BCUT2D eigenvalue weighted by atomic mass is 35.5. The number of rotatable bonds is 3. The van der Waals surface area contributed by atoms with Gasteiger partial charge in [-0.2, -0.15) is 0 Å². The Kier molecular flexibility index (Phi) is 3.29. The van der Waals surface area contributed by atoms with E-state index < -0.39 is 0 Å². The second kappa shape index (κ2) is 5.53. The standard InChI is InChI=1S/C16H14ClN7S/c1-22(16-20-12-3-2-10(17)6-13(12)25-16)11-7-24(8-11)14-15-21-19-9-23(15)5-4-18-14/h2-6,9,11H,7-8H2,1H3. The maximum Gasteiger partial charge on any atom is 0.203 e. The molecule has 5 rings (SSSR count). The Bertz CT molecular complexity index is 1070. The third-order valence-corrected chi connectivity index (χ3v) is 5.89.